The fraction of sp³-hybridized carbons (Fsp3) is 0.588. The highest BCUT2D eigenvalue weighted by atomic mass is 79.9. The van der Waals surface area contributed by atoms with E-state index in [-0.39, 0.29) is 0 Å². The summed E-state index contributed by atoms with van der Waals surface area (Å²) in [5, 5.41) is 13.6. The summed E-state index contributed by atoms with van der Waals surface area (Å²) in [6.07, 6.45) is 2.83. The van der Waals surface area contributed by atoms with Crippen LogP contribution < -0.4 is 5.32 Å². The van der Waals surface area contributed by atoms with Gasteiger partial charge in [-0.2, -0.15) is 0 Å². The summed E-state index contributed by atoms with van der Waals surface area (Å²) >= 11 is 3.55. The number of hydrogen-bond acceptors (Lipinski definition) is 3. The van der Waals surface area contributed by atoms with E-state index in [1.165, 1.54) is 0 Å². The number of rotatable bonds is 2. The maximum atomic E-state index is 11.9. The average Bonchev–Trinajstić information content (AvgIpc) is 2.35. The smallest absolute Gasteiger partial charge is 0.412 e. The molecule has 1 aliphatic carbocycles. The van der Waals surface area contributed by atoms with Crippen LogP contribution in [0.3, 0.4) is 0 Å². The molecule has 0 aromatic heterocycles. The van der Waals surface area contributed by atoms with Gasteiger partial charge in [-0.3, -0.25) is 5.32 Å². The molecule has 1 aliphatic rings. The molecule has 2 N–H and O–H groups in total. The Balaban J connectivity index is 2.27. The molecule has 2 rings (SSSR count). The van der Waals surface area contributed by atoms with E-state index in [1.807, 2.05) is 39.8 Å². The maximum absolute atomic E-state index is 11.9. The predicted molar refractivity (Wildman–Crippen MR) is 91.1 cm³/mol. The molecule has 0 bridgehead atoms. The SMILES string of the molecule is CCC1(O)CCCc2cc(NC(=O)OC(C)(C)C)cc(Br)c21. The number of ether oxygens (including phenoxy) is 1. The quantitative estimate of drug-likeness (QED) is 0.791. The van der Waals surface area contributed by atoms with Crippen molar-refractivity contribution in [2.24, 2.45) is 0 Å². The van der Waals surface area contributed by atoms with Gasteiger partial charge in [-0.15, -0.1) is 0 Å². The normalized spacial score (nSPS) is 21.2. The third-order valence-electron chi connectivity index (χ3n) is 3.90. The lowest BCUT2D eigenvalue weighted by atomic mass is 9.77. The lowest BCUT2D eigenvalue weighted by molar-refractivity contribution is 0.0141. The molecule has 0 aliphatic heterocycles. The third kappa shape index (κ3) is 3.82. The molecular formula is C17H24BrNO3. The first-order chi connectivity index (χ1) is 10.1. The van der Waals surface area contributed by atoms with E-state index in [0.717, 1.165) is 34.9 Å². The van der Waals surface area contributed by atoms with Crippen LogP contribution in [0.1, 0.15) is 58.1 Å². The number of carbonyl (C=O) groups excluding carboxylic acids is 1. The van der Waals surface area contributed by atoms with Crippen LogP contribution in [0.5, 0.6) is 0 Å². The van der Waals surface area contributed by atoms with Crippen LogP contribution in [0.15, 0.2) is 16.6 Å². The fourth-order valence-electron chi connectivity index (χ4n) is 2.93. The number of carbonyl (C=O) groups is 1. The molecule has 22 heavy (non-hydrogen) atoms. The van der Waals surface area contributed by atoms with Gasteiger partial charge in [0.2, 0.25) is 0 Å². The fourth-order valence-corrected chi connectivity index (χ4v) is 3.80. The zero-order valence-electron chi connectivity index (χ0n) is 13.6. The van der Waals surface area contributed by atoms with Crippen molar-refractivity contribution in [3.63, 3.8) is 0 Å². The minimum atomic E-state index is -0.781. The molecule has 0 spiro atoms. The van der Waals surface area contributed by atoms with E-state index in [2.05, 4.69) is 21.2 Å². The second kappa shape index (κ2) is 6.20. The number of nitrogens with one attached hydrogen (secondary N) is 1. The first-order valence-corrected chi connectivity index (χ1v) is 8.49. The second-order valence-electron chi connectivity index (χ2n) is 6.86. The van der Waals surface area contributed by atoms with Gasteiger partial charge in [-0.1, -0.05) is 22.9 Å². The summed E-state index contributed by atoms with van der Waals surface area (Å²) < 4.78 is 6.11. The number of aliphatic hydroxyl groups is 1. The minimum Gasteiger partial charge on any atom is -0.444 e. The van der Waals surface area contributed by atoms with Gasteiger partial charge in [0, 0.05) is 15.7 Å². The predicted octanol–water partition coefficient (Wildman–Crippen LogP) is 4.73. The molecule has 1 aromatic carbocycles. The Morgan fingerprint density at radius 3 is 2.73 bits per heavy atom. The van der Waals surface area contributed by atoms with Crippen LogP contribution in [0.4, 0.5) is 10.5 Å². The molecule has 0 saturated carbocycles. The Labute approximate surface area is 140 Å². The van der Waals surface area contributed by atoms with Crippen molar-refractivity contribution in [3.05, 3.63) is 27.7 Å². The lowest BCUT2D eigenvalue weighted by Crippen LogP contribution is -2.31. The molecule has 4 nitrogen and oxygen atoms in total. The van der Waals surface area contributed by atoms with Crippen molar-refractivity contribution >= 4 is 27.7 Å². The molecule has 0 fully saturated rings. The Kier molecular flexibility index (Phi) is 4.87. The van der Waals surface area contributed by atoms with Crippen LogP contribution in [0.2, 0.25) is 0 Å². The Morgan fingerprint density at radius 2 is 2.14 bits per heavy atom. The van der Waals surface area contributed by atoms with Crippen molar-refractivity contribution in [2.75, 3.05) is 5.32 Å². The number of benzene rings is 1. The first-order valence-electron chi connectivity index (χ1n) is 7.70. The Bertz CT molecular complexity index is 580. The first kappa shape index (κ1) is 17.3. The van der Waals surface area contributed by atoms with Gasteiger partial charge in [-0.25, -0.2) is 4.79 Å². The van der Waals surface area contributed by atoms with Crippen molar-refractivity contribution in [2.45, 2.75) is 64.6 Å². The number of fused-ring (bicyclic) bond motifs is 1. The number of halogens is 1. The second-order valence-corrected chi connectivity index (χ2v) is 7.71. The van der Waals surface area contributed by atoms with E-state index >= 15 is 0 Å². The summed E-state index contributed by atoms with van der Waals surface area (Å²) in [5.41, 5.74) is 1.40. The lowest BCUT2D eigenvalue weighted by Gasteiger charge is -2.35. The van der Waals surface area contributed by atoms with Crippen molar-refractivity contribution in [1.82, 2.24) is 0 Å². The summed E-state index contributed by atoms with van der Waals surface area (Å²) in [4.78, 5) is 11.9. The summed E-state index contributed by atoms with van der Waals surface area (Å²) in [6.45, 7) is 7.48. The van der Waals surface area contributed by atoms with Crippen LogP contribution >= 0.6 is 15.9 Å². The van der Waals surface area contributed by atoms with Crippen LogP contribution in [0, 0.1) is 0 Å². The van der Waals surface area contributed by atoms with E-state index in [4.69, 9.17) is 4.74 Å². The highest BCUT2D eigenvalue weighted by Crippen LogP contribution is 2.43. The van der Waals surface area contributed by atoms with E-state index in [9.17, 15) is 9.90 Å². The monoisotopic (exact) mass is 369 g/mol. The highest BCUT2D eigenvalue weighted by molar-refractivity contribution is 9.10. The van der Waals surface area contributed by atoms with E-state index in [1.54, 1.807) is 0 Å². The molecule has 0 heterocycles. The zero-order chi connectivity index (χ0) is 16.5. The topological polar surface area (TPSA) is 58.6 Å². The molecular weight excluding hydrogens is 346 g/mol. The highest BCUT2D eigenvalue weighted by Gasteiger charge is 2.34. The summed E-state index contributed by atoms with van der Waals surface area (Å²) in [5.74, 6) is 0. The molecule has 1 atom stereocenters. The van der Waals surface area contributed by atoms with Crippen LogP contribution in [-0.2, 0) is 16.8 Å². The number of amides is 1. The largest absolute Gasteiger partial charge is 0.444 e. The average molecular weight is 370 g/mol. The molecule has 122 valence electrons. The Hall–Kier alpha value is -1.07. The number of aryl methyl sites for hydroxylation is 1. The van der Waals surface area contributed by atoms with Gasteiger partial charge >= 0.3 is 6.09 Å². The molecule has 1 aromatic rings. The third-order valence-corrected chi connectivity index (χ3v) is 4.53. The molecule has 0 saturated heterocycles. The van der Waals surface area contributed by atoms with E-state index < -0.39 is 17.3 Å². The van der Waals surface area contributed by atoms with Crippen LogP contribution in [-0.4, -0.2) is 16.8 Å². The zero-order valence-corrected chi connectivity index (χ0v) is 15.2. The van der Waals surface area contributed by atoms with Gasteiger partial charge in [-0.05, 0) is 64.2 Å². The van der Waals surface area contributed by atoms with Crippen LogP contribution in [0.25, 0.3) is 0 Å². The van der Waals surface area contributed by atoms with Gasteiger partial charge in [0.1, 0.15) is 5.60 Å². The number of hydrogen-bond donors (Lipinski definition) is 2. The van der Waals surface area contributed by atoms with E-state index in [0.29, 0.717) is 12.1 Å². The van der Waals surface area contributed by atoms with Crippen molar-refractivity contribution < 1.29 is 14.6 Å². The minimum absolute atomic E-state index is 0.471. The molecule has 1 unspecified atom stereocenters. The van der Waals surface area contributed by atoms with Gasteiger partial charge < -0.3 is 9.84 Å². The van der Waals surface area contributed by atoms with Crippen molar-refractivity contribution in [1.29, 1.82) is 0 Å². The van der Waals surface area contributed by atoms with Gasteiger partial charge in [0.15, 0.2) is 0 Å². The summed E-state index contributed by atoms with van der Waals surface area (Å²) in [6, 6.07) is 3.76. The maximum Gasteiger partial charge on any atom is 0.412 e. The molecule has 0 radical (unpaired) electrons. The number of anilines is 1. The van der Waals surface area contributed by atoms with Crippen molar-refractivity contribution in [3.8, 4) is 0 Å². The van der Waals surface area contributed by atoms with Gasteiger partial charge in [0.05, 0.1) is 5.60 Å². The molecule has 5 heteroatoms. The standard InChI is InChI=1S/C17H24BrNO3/c1-5-17(21)8-6-7-11-9-12(10-13(18)14(11)17)19-15(20)22-16(2,3)4/h9-10,21H,5-8H2,1-4H3,(H,19,20). The molecule has 1 amide bonds. The van der Waals surface area contributed by atoms with Gasteiger partial charge in [0.25, 0.3) is 0 Å². The Morgan fingerprint density at radius 1 is 1.45 bits per heavy atom. The summed E-state index contributed by atoms with van der Waals surface area (Å²) in [7, 11) is 0.